The molecule has 0 aliphatic carbocycles. The van der Waals surface area contributed by atoms with Gasteiger partial charge in [-0.2, -0.15) is 0 Å². The maximum Gasteiger partial charge on any atom is 0.139 e. The molecule has 1 saturated heterocycles. The maximum atomic E-state index is 11.9. The van der Waals surface area contributed by atoms with Gasteiger partial charge >= 0.3 is 0 Å². The first-order valence-corrected chi connectivity index (χ1v) is 5.76. The van der Waals surface area contributed by atoms with E-state index in [1.165, 1.54) is 0 Å². The molecule has 1 aliphatic rings. The van der Waals surface area contributed by atoms with Crippen LogP contribution in [0.4, 0.5) is 0 Å². The van der Waals surface area contributed by atoms with E-state index in [2.05, 4.69) is 11.8 Å². The van der Waals surface area contributed by atoms with Gasteiger partial charge in [-0.3, -0.25) is 9.69 Å². The number of hydrogen-bond donors (Lipinski definition) is 0. The van der Waals surface area contributed by atoms with Gasteiger partial charge in [0, 0.05) is 31.0 Å². The zero-order valence-electron chi connectivity index (χ0n) is 10.4. The maximum absolute atomic E-state index is 11.9. The monoisotopic (exact) mass is 213 g/mol. The number of ketones is 1. The fraction of sp³-hybridized carbons (Fsp3) is 0.917. The van der Waals surface area contributed by atoms with Gasteiger partial charge in [0.05, 0.1) is 13.2 Å². The summed E-state index contributed by atoms with van der Waals surface area (Å²) in [5.74, 6) is 0.349. The van der Waals surface area contributed by atoms with Crippen molar-refractivity contribution in [2.24, 2.45) is 5.41 Å². The second-order valence-corrected chi connectivity index (χ2v) is 5.37. The van der Waals surface area contributed by atoms with Crippen LogP contribution in [0.5, 0.6) is 0 Å². The predicted molar refractivity (Wildman–Crippen MR) is 60.9 cm³/mol. The second-order valence-electron chi connectivity index (χ2n) is 5.37. The molecule has 1 rings (SSSR count). The zero-order chi connectivity index (χ0) is 11.5. The van der Waals surface area contributed by atoms with Crippen molar-refractivity contribution in [1.29, 1.82) is 0 Å². The highest BCUT2D eigenvalue weighted by Crippen LogP contribution is 2.19. The summed E-state index contributed by atoms with van der Waals surface area (Å²) < 4.78 is 5.30. The third kappa shape index (κ3) is 3.92. The van der Waals surface area contributed by atoms with E-state index in [1.54, 1.807) is 0 Å². The van der Waals surface area contributed by atoms with Gasteiger partial charge in [-0.25, -0.2) is 0 Å². The topological polar surface area (TPSA) is 29.5 Å². The van der Waals surface area contributed by atoms with E-state index in [4.69, 9.17) is 4.74 Å². The summed E-state index contributed by atoms with van der Waals surface area (Å²) in [4.78, 5) is 14.2. The van der Waals surface area contributed by atoms with Crippen molar-refractivity contribution in [3.05, 3.63) is 0 Å². The fourth-order valence-corrected chi connectivity index (χ4v) is 1.72. The molecule has 0 aromatic rings. The van der Waals surface area contributed by atoms with Crippen LogP contribution in [0.15, 0.2) is 0 Å². The summed E-state index contributed by atoms with van der Waals surface area (Å²) in [6.45, 7) is 11.6. The largest absolute Gasteiger partial charge is 0.379 e. The predicted octanol–water partition coefficient (Wildman–Crippen LogP) is 1.71. The Morgan fingerprint density at radius 3 is 2.33 bits per heavy atom. The molecule has 0 amide bonds. The second kappa shape index (κ2) is 5.08. The van der Waals surface area contributed by atoms with Gasteiger partial charge in [0.15, 0.2) is 0 Å². The van der Waals surface area contributed by atoms with Gasteiger partial charge < -0.3 is 4.74 Å². The lowest BCUT2D eigenvalue weighted by Gasteiger charge is -2.33. The zero-order valence-corrected chi connectivity index (χ0v) is 10.4. The van der Waals surface area contributed by atoms with Gasteiger partial charge in [0.25, 0.3) is 0 Å². The minimum atomic E-state index is -0.208. The molecule has 1 atom stereocenters. The first-order valence-electron chi connectivity index (χ1n) is 5.76. The van der Waals surface area contributed by atoms with Gasteiger partial charge in [-0.05, 0) is 6.92 Å². The molecule has 3 nitrogen and oxygen atoms in total. The molecule has 0 aromatic heterocycles. The standard InChI is InChI=1S/C12H23NO2/c1-10(9-11(14)12(2,3)4)13-5-7-15-8-6-13/h10H,5-9H2,1-4H3. The molecule has 3 heteroatoms. The normalized spacial score (nSPS) is 21.3. The third-order valence-corrected chi connectivity index (χ3v) is 2.99. The number of hydrogen-bond acceptors (Lipinski definition) is 3. The van der Waals surface area contributed by atoms with Gasteiger partial charge in [-0.1, -0.05) is 20.8 Å². The average molecular weight is 213 g/mol. The van der Waals surface area contributed by atoms with Crippen LogP contribution in [0.25, 0.3) is 0 Å². The number of ether oxygens (including phenoxy) is 1. The van der Waals surface area contributed by atoms with Crippen molar-refractivity contribution >= 4 is 5.78 Å². The summed E-state index contributed by atoms with van der Waals surface area (Å²) in [5.41, 5.74) is -0.208. The molecular formula is C12H23NO2. The van der Waals surface area contributed by atoms with Gasteiger partial charge in [0.2, 0.25) is 0 Å². The lowest BCUT2D eigenvalue weighted by molar-refractivity contribution is -0.127. The molecule has 1 fully saturated rings. The van der Waals surface area contributed by atoms with Crippen LogP contribution in [0.2, 0.25) is 0 Å². The Labute approximate surface area is 92.8 Å². The summed E-state index contributed by atoms with van der Waals surface area (Å²) in [6.07, 6.45) is 0.656. The Kier molecular flexibility index (Phi) is 4.29. The number of nitrogens with zero attached hydrogens (tertiary/aromatic N) is 1. The third-order valence-electron chi connectivity index (χ3n) is 2.99. The highest BCUT2D eigenvalue weighted by Gasteiger charge is 2.26. The van der Waals surface area contributed by atoms with Gasteiger partial charge in [-0.15, -0.1) is 0 Å². The van der Waals surface area contributed by atoms with Gasteiger partial charge in [0.1, 0.15) is 5.78 Å². The molecule has 0 radical (unpaired) electrons. The molecule has 0 bridgehead atoms. The van der Waals surface area contributed by atoms with E-state index >= 15 is 0 Å². The quantitative estimate of drug-likeness (QED) is 0.715. The summed E-state index contributed by atoms with van der Waals surface area (Å²) in [7, 11) is 0. The van der Waals surface area contributed by atoms with Crippen LogP contribution in [-0.4, -0.2) is 43.0 Å². The van der Waals surface area contributed by atoms with E-state index < -0.39 is 0 Å². The molecule has 1 aliphatic heterocycles. The summed E-state index contributed by atoms with van der Waals surface area (Å²) in [5, 5.41) is 0. The summed E-state index contributed by atoms with van der Waals surface area (Å²) >= 11 is 0. The highest BCUT2D eigenvalue weighted by molar-refractivity contribution is 5.84. The number of carbonyl (C=O) groups excluding carboxylic acids is 1. The molecule has 0 saturated carbocycles. The highest BCUT2D eigenvalue weighted by atomic mass is 16.5. The first kappa shape index (κ1) is 12.7. The molecule has 0 N–H and O–H groups in total. The van der Waals surface area contributed by atoms with Crippen molar-refractivity contribution in [2.75, 3.05) is 26.3 Å². The fourth-order valence-electron chi connectivity index (χ4n) is 1.72. The van der Waals surface area contributed by atoms with E-state index in [1.807, 2.05) is 20.8 Å². The SMILES string of the molecule is CC(CC(=O)C(C)(C)C)N1CCOCC1. The Hall–Kier alpha value is -0.410. The van der Waals surface area contributed by atoms with Crippen LogP contribution < -0.4 is 0 Å². The van der Waals surface area contributed by atoms with Crippen LogP contribution in [-0.2, 0) is 9.53 Å². The Balaban J connectivity index is 2.40. The van der Waals surface area contributed by atoms with Crippen molar-refractivity contribution < 1.29 is 9.53 Å². The average Bonchev–Trinajstić information content (AvgIpc) is 2.17. The molecule has 1 heterocycles. The number of Topliss-reactive ketones (excluding diaryl/α,β-unsaturated/α-hetero) is 1. The number of carbonyl (C=O) groups is 1. The number of rotatable bonds is 3. The van der Waals surface area contributed by atoms with Crippen molar-refractivity contribution in [2.45, 2.75) is 40.2 Å². The van der Waals surface area contributed by atoms with Crippen LogP contribution in [0.1, 0.15) is 34.1 Å². The van der Waals surface area contributed by atoms with Crippen molar-refractivity contribution in [3.63, 3.8) is 0 Å². The van der Waals surface area contributed by atoms with E-state index in [0.717, 1.165) is 26.3 Å². The van der Waals surface area contributed by atoms with Crippen LogP contribution >= 0.6 is 0 Å². The molecule has 0 spiro atoms. The Bertz CT molecular complexity index is 214. The minimum absolute atomic E-state index is 0.208. The summed E-state index contributed by atoms with van der Waals surface area (Å²) in [6, 6.07) is 0.348. The lowest BCUT2D eigenvalue weighted by Crippen LogP contribution is -2.43. The molecular weight excluding hydrogens is 190 g/mol. The van der Waals surface area contributed by atoms with Crippen LogP contribution in [0.3, 0.4) is 0 Å². The molecule has 1 unspecified atom stereocenters. The molecule has 88 valence electrons. The van der Waals surface area contributed by atoms with Crippen LogP contribution in [0, 0.1) is 5.41 Å². The Morgan fingerprint density at radius 2 is 1.87 bits per heavy atom. The smallest absolute Gasteiger partial charge is 0.139 e. The van der Waals surface area contributed by atoms with E-state index in [0.29, 0.717) is 18.2 Å². The number of morpholine rings is 1. The molecule has 15 heavy (non-hydrogen) atoms. The van der Waals surface area contributed by atoms with E-state index in [-0.39, 0.29) is 5.41 Å². The first-order chi connectivity index (χ1) is 6.91. The molecule has 0 aromatic carbocycles. The van der Waals surface area contributed by atoms with Crippen molar-refractivity contribution in [1.82, 2.24) is 4.90 Å². The Morgan fingerprint density at radius 1 is 1.33 bits per heavy atom. The van der Waals surface area contributed by atoms with Crippen molar-refractivity contribution in [3.8, 4) is 0 Å². The van der Waals surface area contributed by atoms with E-state index in [9.17, 15) is 4.79 Å². The minimum Gasteiger partial charge on any atom is -0.379 e. The lowest BCUT2D eigenvalue weighted by atomic mass is 9.87.